The number of halogens is 1. The van der Waals surface area contributed by atoms with Crippen molar-refractivity contribution < 1.29 is 18.3 Å². The zero-order chi connectivity index (χ0) is 24.5. The molecule has 0 aliphatic heterocycles. The number of fused-ring (bicyclic) bond motifs is 1. The molecule has 0 N–H and O–H groups in total. The zero-order valence-corrected chi connectivity index (χ0v) is 19.7. The summed E-state index contributed by atoms with van der Waals surface area (Å²) in [5.74, 6) is 1.10. The van der Waals surface area contributed by atoms with Crippen molar-refractivity contribution in [3.8, 4) is 17.1 Å². The Hall–Kier alpha value is -4.26. The molecule has 0 amide bonds. The van der Waals surface area contributed by atoms with Crippen molar-refractivity contribution in [2.45, 2.75) is 33.6 Å². The highest BCUT2D eigenvalue weighted by molar-refractivity contribution is 5.70. The molecule has 0 unspecified atom stereocenters. The number of ether oxygens (including phenoxy) is 1. The minimum atomic E-state index is -0.454. The largest absolute Gasteiger partial charge is 0.466 e. The standard InChI is InChI=1S/C28H24FN3O3/c1-17-12-23(34-18(17)2)15-25-28(35-19(3)33)32-16-26(21-9-5-4-6-10-21)30-24(27(32)31-25)14-20-8-7-11-22(29)13-20/h4-13,16H,14-15H2,1-3H3. The average molecular weight is 470 g/mol. The Labute approximate surface area is 202 Å². The van der Waals surface area contributed by atoms with E-state index in [0.717, 1.165) is 28.2 Å². The van der Waals surface area contributed by atoms with Gasteiger partial charge in [0.15, 0.2) is 5.65 Å². The first kappa shape index (κ1) is 22.5. The lowest BCUT2D eigenvalue weighted by molar-refractivity contribution is -0.132. The molecule has 0 fully saturated rings. The Morgan fingerprint density at radius 3 is 2.49 bits per heavy atom. The molecule has 5 rings (SSSR count). The van der Waals surface area contributed by atoms with Gasteiger partial charge in [-0.1, -0.05) is 42.5 Å². The fourth-order valence-electron chi connectivity index (χ4n) is 4.10. The van der Waals surface area contributed by atoms with Crippen molar-refractivity contribution in [1.82, 2.24) is 14.4 Å². The monoisotopic (exact) mass is 469 g/mol. The van der Waals surface area contributed by atoms with Crippen molar-refractivity contribution in [3.05, 3.63) is 107 Å². The lowest BCUT2D eigenvalue weighted by Gasteiger charge is -2.10. The Kier molecular flexibility index (Phi) is 5.91. The van der Waals surface area contributed by atoms with Crippen LogP contribution in [0.2, 0.25) is 0 Å². The molecule has 0 bridgehead atoms. The highest BCUT2D eigenvalue weighted by Crippen LogP contribution is 2.30. The molecule has 3 aromatic heterocycles. The van der Waals surface area contributed by atoms with Gasteiger partial charge >= 0.3 is 5.97 Å². The van der Waals surface area contributed by atoms with Gasteiger partial charge < -0.3 is 9.15 Å². The first-order chi connectivity index (χ1) is 16.9. The number of carbonyl (C=O) groups excluding carboxylic acids is 1. The number of benzene rings is 2. The molecular formula is C28H24FN3O3. The molecule has 0 aliphatic carbocycles. The van der Waals surface area contributed by atoms with E-state index >= 15 is 0 Å². The number of hydrogen-bond acceptors (Lipinski definition) is 5. The quantitative estimate of drug-likeness (QED) is 0.292. The third-order valence-corrected chi connectivity index (χ3v) is 5.83. The zero-order valence-electron chi connectivity index (χ0n) is 19.7. The Bertz CT molecular complexity index is 1520. The van der Waals surface area contributed by atoms with E-state index in [1.54, 1.807) is 10.5 Å². The van der Waals surface area contributed by atoms with E-state index in [1.807, 2.05) is 62.5 Å². The van der Waals surface area contributed by atoms with Crippen LogP contribution in [-0.4, -0.2) is 20.3 Å². The minimum Gasteiger partial charge on any atom is -0.466 e. The molecule has 5 aromatic rings. The lowest BCUT2D eigenvalue weighted by Crippen LogP contribution is -2.07. The summed E-state index contributed by atoms with van der Waals surface area (Å²) in [5, 5.41) is 0. The molecular weight excluding hydrogens is 445 g/mol. The molecule has 176 valence electrons. The molecule has 0 radical (unpaired) electrons. The van der Waals surface area contributed by atoms with E-state index in [4.69, 9.17) is 19.1 Å². The second-order valence-electron chi connectivity index (χ2n) is 8.53. The molecule has 0 spiro atoms. The van der Waals surface area contributed by atoms with Crippen LogP contribution in [0.4, 0.5) is 4.39 Å². The number of esters is 1. The SMILES string of the molecule is CC(=O)Oc1c(Cc2cc(C)c(C)o2)nc2c(Cc3cccc(F)c3)nc(-c3ccccc3)cn12. The second kappa shape index (κ2) is 9.18. The number of carbonyl (C=O) groups is 1. The number of aromatic nitrogens is 3. The highest BCUT2D eigenvalue weighted by atomic mass is 19.1. The smallest absolute Gasteiger partial charge is 0.309 e. The number of hydrogen-bond donors (Lipinski definition) is 0. The van der Waals surface area contributed by atoms with Crippen LogP contribution in [0.1, 0.15) is 41.0 Å². The highest BCUT2D eigenvalue weighted by Gasteiger charge is 2.22. The van der Waals surface area contributed by atoms with E-state index in [1.165, 1.54) is 19.1 Å². The summed E-state index contributed by atoms with van der Waals surface area (Å²) < 4.78 is 27.2. The molecule has 6 nitrogen and oxygen atoms in total. The summed E-state index contributed by atoms with van der Waals surface area (Å²) in [4.78, 5) is 21.7. The number of aryl methyl sites for hydroxylation is 2. The first-order valence-corrected chi connectivity index (χ1v) is 11.3. The van der Waals surface area contributed by atoms with Gasteiger partial charge in [0.2, 0.25) is 5.88 Å². The van der Waals surface area contributed by atoms with Crippen LogP contribution in [0, 0.1) is 19.7 Å². The van der Waals surface area contributed by atoms with Gasteiger partial charge in [-0.3, -0.25) is 9.20 Å². The lowest BCUT2D eigenvalue weighted by atomic mass is 10.1. The molecule has 3 heterocycles. The molecule has 0 saturated carbocycles. The first-order valence-electron chi connectivity index (χ1n) is 11.3. The van der Waals surface area contributed by atoms with Crippen molar-refractivity contribution in [2.75, 3.05) is 0 Å². The third kappa shape index (κ3) is 4.71. The van der Waals surface area contributed by atoms with Gasteiger partial charge in [0.25, 0.3) is 0 Å². The number of imidazole rings is 1. The van der Waals surface area contributed by atoms with E-state index < -0.39 is 5.97 Å². The van der Waals surface area contributed by atoms with Crippen LogP contribution in [0.5, 0.6) is 5.88 Å². The molecule has 0 atom stereocenters. The van der Waals surface area contributed by atoms with Crippen LogP contribution in [0.25, 0.3) is 16.9 Å². The molecule has 0 aliphatic rings. The van der Waals surface area contributed by atoms with Crippen LogP contribution in [0.15, 0.2) is 71.3 Å². The van der Waals surface area contributed by atoms with Crippen molar-refractivity contribution in [2.24, 2.45) is 0 Å². The van der Waals surface area contributed by atoms with Crippen LogP contribution < -0.4 is 4.74 Å². The number of rotatable bonds is 6. The van der Waals surface area contributed by atoms with Crippen molar-refractivity contribution in [3.63, 3.8) is 0 Å². The predicted octanol–water partition coefficient (Wildman–Crippen LogP) is 5.85. The van der Waals surface area contributed by atoms with Crippen LogP contribution in [-0.2, 0) is 17.6 Å². The van der Waals surface area contributed by atoms with Crippen molar-refractivity contribution >= 4 is 11.6 Å². The summed E-state index contributed by atoms with van der Waals surface area (Å²) in [6, 6.07) is 18.1. The fraction of sp³-hybridized carbons (Fsp3) is 0.179. The summed E-state index contributed by atoms with van der Waals surface area (Å²) in [6.45, 7) is 5.24. The number of furan rings is 1. The van der Waals surface area contributed by atoms with Crippen molar-refractivity contribution in [1.29, 1.82) is 0 Å². The maximum Gasteiger partial charge on any atom is 0.309 e. The molecule has 2 aromatic carbocycles. The van der Waals surface area contributed by atoms with Gasteiger partial charge in [-0.05, 0) is 43.2 Å². The molecule has 0 saturated heterocycles. The maximum absolute atomic E-state index is 13.9. The van der Waals surface area contributed by atoms with Gasteiger partial charge in [-0.25, -0.2) is 14.4 Å². The maximum atomic E-state index is 13.9. The predicted molar refractivity (Wildman–Crippen MR) is 130 cm³/mol. The van der Waals surface area contributed by atoms with Gasteiger partial charge in [-0.15, -0.1) is 0 Å². The third-order valence-electron chi connectivity index (χ3n) is 5.83. The van der Waals surface area contributed by atoms with Gasteiger partial charge in [-0.2, -0.15) is 0 Å². The van der Waals surface area contributed by atoms with Crippen LogP contribution in [0.3, 0.4) is 0 Å². The number of nitrogens with zero attached hydrogens (tertiary/aromatic N) is 3. The van der Waals surface area contributed by atoms with E-state index in [-0.39, 0.29) is 5.82 Å². The molecule has 7 heteroatoms. The van der Waals surface area contributed by atoms with Gasteiger partial charge in [0.05, 0.1) is 17.8 Å². The second-order valence-corrected chi connectivity index (χ2v) is 8.53. The van der Waals surface area contributed by atoms with E-state index in [9.17, 15) is 9.18 Å². The molecule has 35 heavy (non-hydrogen) atoms. The van der Waals surface area contributed by atoms with E-state index in [0.29, 0.717) is 41.5 Å². The normalized spacial score (nSPS) is 11.2. The summed E-state index contributed by atoms with van der Waals surface area (Å²) in [7, 11) is 0. The Morgan fingerprint density at radius 1 is 1.00 bits per heavy atom. The van der Waals surface area contributed by atoms with Gasteiger partial charge in [0.1, 0.15) is 23.0 Å². The fourth-order valence-corrected chi connectivity index (χ4v) is 4.10. The van der Waals surface area contributed by atoms with Crippen LogP contribution >= 0.6 is 0 Å². The Morgan fingerprint density at radius 2 is 1.80 bits per heavy atom. The average Bonchev–Trinajstić information content (AvgIpc) is 3.33. The summed E-state index contributed by atoms with van der Waals surface area (Å²) in [5.41, 5.74) is 5.13. The Balaban J connectivity index is 1.71. The minimum absolute atomic E-state index is 0.314. The summed E-state index contributed by atoms with van der Waals surface area (Å²) >= 11 is 0. The topological polar surface area (TPSA) is 69.6 Å². The van der Waals surface area contributed by atoms with E-state index in [2.05, 4.69) is 0 Å². The summed E-state index contributed by atoms with van der Waals surface area (Å²) in [6.07, 6.45) is 2.52. The van der Waals surface area contributed by atoms with Gasteiger partial charge in [0, 0.05) is 25.1 Å².